The largest absolute Gasteiger partial charge is 0.505 e. The van der Waals surface area contributed by atoms with E-state index < -0.39 is 51.9 Å². The van der Waals surface area contributed by atoms with E-state index in [1.54, 1.807) is 0 Å². The van der Waals surface area contributed by atoms with E-state index >= 15 is 0 Å². The number of ether oxygens (including phenoxy) is 1. The molecule has 3 rings (SSSR count). The van der Waals surface area contributed by atoms with E-state index in [4.69, 9.17) is 4.74 Å². The molecule has 0 radical (unpaired) electrons. The van der Waals surface area contributed by atoms with Crippen molar-refractivity contribution in [2.24, 2.45) is 9.39 Å². The van der Waals surface area contributed by atoms with Gasteiger partial charge in [0.2, 0.25) is 0 Å². The lowest BCUT2D eigenvalue weighted by atomic mass is 10.1. The fourth-order valence-electron chi connectivity index (χ4n) is 2.82. The summed E-state index contributed by atoms with van der Waals surface area (Å²) in [4.78, 5) is 16.9. The molecule has 0 saturated carbocycles. The minimum absolute atomic E-state index is 0.0664. The van der Waals surface area contributed by atoms with E-state index in [0.29, 0.717) is 0 Å². The van der Waals surface area contributed by atoms with Gasteiger partial charge in [0.1, 0.15) is 6.10 Å². The maximum Gasteiger partial charge on any atom is 0.414 e. The molecule has 0 bridgehead atoms. The first-order valence-electron chi connectivity index (χ1n) is 8.78. The third kappa shape index (κ3) is 4.90. The van der Waals surface area contributed by atoms with Crippen LogP contribution >= 0.6 is 0 Å². The number of nitrogens with zero attached hydrogens (tertiary/aromatic N) is 3. The average Bonchev–Trinajstić information content (AvgIpc) is 3.27. The predicted octanol–water partition coefficient (Wildman–Crippen LogP) is 1.38. The molecule has 14 heteroatoms. The Labute approximate surface area is 175 Å². The van der Waals surface area contributed by atoms with Crippen molar-refractivity contribution in [1.29, 1.82) is 0 Å². The number of hydrogen-bond acceptors (Lipinski definition) is 7. The minimum atomic E-state index is -4.83. The van der Waals surface area contributed by atoms with Gasteiger partial charge in [-0.15, -0.1) is 4.40 Å². The van der Waals surface area contributed by atoms with Crippen molar-refractivity contribution in [1.82, 2.24) is 9.62 Å². The molecular weight excluding hydrogens is 443 g/mol. The molecule has 31 heavy (non-hydrogen) atoms. The topological polar surface area (TPSA) is 133 Å². The number of aliphatic imine (C=N–C) groups is 1. The molecule has 0 fully saturated rings. The Morgan fingerprint density at radius 3 is 2.71 bits per heavy atom. The third-order valence-electron chi connectivity index (χ3n) is 4.26. The SMILES string of the molecule is CN(C)C(=O)c1cccc(NC2=NS(=O)(=O)NC2=N[C@@H](C2CC=CO2)C(F)(F)F)c1O. The monoisotopic (exact) mass is 461 g/mol. The van der Waals surface area contributed by atoms with E-state index in [-0.39, 0.29) is 17.7 Å². The molecule has 2 heterocycles. The van der Waals surface area contributed by atoms with Crippen LogP contribution in [0.1, 0.15) is 16.8 Å². The van der Waals surface area contributed by atoms with E-state index in [9.17, 15) is 31.5 Å². The predicted molar refractivity (Wildman–Crippen MR) is 105 cm³/mol. The molecule has 1 unspecified atom stereocenters. The second-order valence-electron chi connectivity index (χ2n) is 6.79. The van der Waals surface area contributed by atoms with Crippen molar-refractivity contribution in [3.05, 3.63) is 36.1 Å². The molecule has 0 aromatic heterocycles. The van der Waals surface area contributed by atoms with Gasteiger partial charge in [-0.1, -0.05) is 6.07 Å². The number of halogens is 3. The van der Waals surface area contributed by atoms with Crippen LogP contribution in [0, 0.1) is 0 Å². The van der Waals surface area contributed by atoms with Gasteiger partial charge in [0, 0.05) is 20.5 Å². The molecule has 0 saturated heterocycles. The summed E-state index contributed by atoms with van der Waals surface area (Å²) in [6.45, 7) is 0. The minimum Gasteiger partial charge on any atom is -0.505 e. The quantitative estimate of drug-likeness (QED) is 0.581. The van der Waals surface area contributed by atoms with E-state index in [1.807, 2.05) is 4.72 Å². The van der Waals surface area contributed by atoms with E-state index in [2.05, 4.69) is 14.7 Å². The lowest BCUT2D eigenvalue weighted by molar-refractivity contribution is -0.166. The molecular formula is C17H18F3N5O5S. The second-order valence-corrected chi connectivity index (χ2v) is 8.13. The number of para-hydroxylation sites is 1. The number of anilines is 1. The molecule has 168 valence electrons. The summed E-state index contributed by atoms with van der Waals surface area (Å²) in [5, 5.41) is 12.8. The number of phenols is 1. The Balaban J connectivity index is 1.97. The zero-order chi connectivity index (χ0) is 23.0. The van der Waals surface area contributed by atoms with Crippen molar-refractivity contribution in [2.45, 2.75) is 24.7 Å². The normalized spacial score (nSPS) is 21.9. The smallest absolute Gasteiger partial charge is 0.414 e. The molecule has 3 N–H and O–H groups in total. The molecule has 1 aromatic carbocycles. The summed E-state index contributed by atoms with van der Waals surface area (Å²) < 4.78 is 74.4. The van der Waals surface area contributed by atoms with Gasteiger partial charge in [0.05, 0.1) is 17.5 Å². The Morgan fingerprint density at radius 2 is 2.13 bits per heavy atom. The number of benzene rings is 1. The zero-order valence-electron chi connectivity index (χ0n) is 16.2. The highest BCUT2D eigenvalue weighted by molar-refractivity contribution is 7.89. The fraction of sp³-hybridized carbons (Fsp3) is 0.353. The summed E-state index contributed by atoms with van der Waals surface area (Å²) in [5.41, 5.74) is -0.262. The van der Waals surface area contributed by atoms with Crippen LogP contribution in [0.15, 0.2) is 39.9 Å². The van der Waals surface area contributed by atoms with Gasteiger partial charge in [-0.3, -0.25) is 4.79 Å². The summed E-state index contributed by atoms with van der Waals surface area (Å²) >= 11 is 0. The standard InChI is InChI=1S/C17H18F3N5O5S/c1-25(2)16(27)9-5-3-6-10(12(9)26)21-14-15(24-31(28,29)23-14)22-13(17(18,19)20)11-7-4-8-30-11/h3-6,8,11,13,26H,7H2,1-2H3,(H,21,23)(H,22,24)/t11?,13-/m0/s1. The van der Waals surface area contributed by atoms with Crippen molar-refractivity contribution in [3.63, 3.8) is 0 Å². The molecule has 10 nitrogen and oxygen atoms in total. The number of aromatic hydroxyl groups is 1. The maximum atomic E-state index is 13.5. The second kappa shape index (κ2) is 8.09. The molecule has 2 aliphatic heterocycles. The number of hydrogen-bond donors (Lipinski definition) is 3. The first-order chi connectivity index (χ1) is 14.4. The van der Waals surface area contributed by atoms with Crippen LogP contribution in [-0.2, 0) is 14.9 Å². The number of rotatable bonds is 4. The van der Waals surface area contributed by atoms with Crippen LogP contribution in [-0.4, -0.2) is 68.4 Å². The first kappa shape index (κ1) is 22.4. The zero-order valence-corrected chi connectivity index (χ0v) is 17.0. The Hall–Kier alpha value is -3.29. The highest BCUT2D eigenvalue weighted by atomic mass is 32.2. The van der Waals surface area contributed by atoms with Crippen LogP contribution in [0.5, 0.6) is 5.75 Å². The highest BCUT2D eigenvalue weighted by Crippen LogP contribution is 2.32. The first-order valence-corrected chi connectivity index (χ1v) is 10.2. The Morgan fingerprint density at radius 1 is 1.42 bits per heavy atom. The summed E-state index contributed by atoms with van der Waals surface area (Å²) in [5.74, 6) is -2.37. The van der Waals surface area contributed by atoms with Crippen LogP contribution in [0.25, 0.3) is 0 Å². The molecule has 1 amide bonds. The molecule has 2 aliphatic rings. The van der Waals surface area contributed by atoms with Gasteiger partial charge in [-0.25, -0.2) is 9.71 Å². The summed E-state index contributed by atoms with van der Waals surface area (Å²) in [7, 11) is -1.45. The van der Waals surface area contributed by atoms with Gasteiger partial charge >= 0.3 is 16.4 Å². The molecule has 1 aromatic rings. The highest BCUT2D eigenvalue weighted by Gasteiger charge is 2.47. The number of phenolic OH excluding ortho intramolecular Hbond substituents is 1. The van der Waals surface area contributed by atoms with Gasteiger partial charge in [0.25, 0.3) is 5.91 Å². The number of nitrogens with one attached hydrogen (secondary N) is 2. The number of amides is 1. The lowest BCUT2D eigenvalue weighted by Gasteiger charge is -2.22. The number of alkyl halides is 3. The number of carbonyl (C=O) groups is 1. The van der Waals surface area contributed by atoms with E-state index in [1.165, 1.54) is 43.3 Å². The van der Waals surface area contributed by atoms with Gasteiger partial charge in [-0.05, 0) is 18.2 Å². The summed E-state index contributed by atoms with van der Waals surface area (Å²) in [6.07, 6.45) is -3.76. The van der Waals surface area contributed by atoms with Crippen LogP contribution in [0.2, 0.25) is 0 Å². The number of amidine groups is 2. The number of carbonyl (C=O) groups excluding carboxylic acids is 1. The molecule has 0 spiro atoms. The average molecular weight is 461 g/mol. The maximum absolute atomic E-state index is 13.5. The molecule has 2 atom stereocenters. The third-order valence-corrected chi connectivity index (χ3v) is 5.14. The van der Waals surface area contributed by atoms with Crippen LogP contribution in [0.4, 0.5) is 18.9 Å². The van der Waals surface area contributed by atoms with Crippen molar-refractivity contribution in [3.8, 4) is 5.75 Å². The van der Waals surface area contributed by atoms with Gasteiger partial charge in [-0.2, -0.15) is 21.6 Å². The van der Waals surface area contributed by atoms with Crippen molar-refractivity contribution < 1.29 is 36.2 Å². The van der Waals surface area contributed by atoms with Gasteiger partial charge in [0.15, 0.2) is 23.5 Å². The lowest BCUT2D eigenvalue weighted by Crippen LogP contribution is -2.42. The molecule has 0 aliphatic carbocycles. The summed E-state index contributed by atoms with van der Waals surface area (Å²) in [6, 6.07) is 1.63. The van der Waals surface area contributed by atoms with Gasteiger partial charge < -0.3 is 20.1 Å². The van der Waals surface area contributed by atoms with Crippen LogP contribution in [0.3, 0.4) is 0 Å². The Kier molecular flexibility index (Phi) is 5.85. The van der Waals surface area contributed by atoms with Crippen LogP contribution < -0.4 is 10.0 Å². The van der Waals surface area contributed by atoms with E-state index in [0.717, 1.165) is 6.26 Å². The fourth-order valence-corrected chi connectivity index (χ4v) is 3.63. The Bertz CT molecular complexity index is 1070. The van der Waals surface area contributed by atoms with Crippen molar-refractivity contribution in [2.75, 3.05) is 19.4 Å². The van der Waals surface area contributed by atoms with Crippen molar-refractivity contribution >= 4 is 33.5 Å².